The molecule has 0 unspecified atom stereocenters. The van der Waals surface area contributed by atoms with Crippen molar-refractivity contribution in [2.24, 2.45) is 0 Å². The Balaban J connectivity index is 2.06. The second kappa shape index (κ2) is 4.26. The van der Waals surface area contributed by atoms with Crippen LogP contribution < -0.4 is 4.90 Å². The first-order valence-electron chi connectivity index (χ1n) is 5.03. The van der Waals surface area contributed by atoms with Crippen LogP contribution in [0, 0.1) is 6.07 Å². The van der Waals surface area contributed by atoms with Crippen LogP contribution in [-0.4, -0.2) is 18.1 Å². The van der Waals surface area contributed by atoms with Gasteiger partial charge in [0.25, 0.3) is 0 Å². The molecular weight excluding hydrogens is 160 g/mol. The molecule has 1 aliphatic rings. The smallest absolute Gasteiger partial charge is 0.0558 e. The summed E-state index contributed by atoms with van der Waals surface area (Å²) in [4.78, 5) is 6.51. The van der Waals surface area contributed by atoms with Crippen molar-refractivity contribution in [3.63, 3.8) is 0 Å². The van der Waals surface area contributed by atoms with Crippen LogP contribution in [0.1, 0.15) is 25.7 Å². The maximum absolute atomic E-state index is 4.09. The van der Waals surface area contributed by atoms with E-state index in [0.29, 0.717) is 0 Å². The van der Waals surface area contributed by atoms with Gasteiger partial charge in [-0.3, -0.25) is 4.98 Å². The van der Waals surface area contributed by atoms with Gasteiger partial charge in [0.2, 0.25) is 0 Å². The number of nitrogens with zero attached hydrogens (tertiary/aromatic N) is 2. The summed E-state index contributed by atoms with van der Waals surface area (Å²) >= 11 is 0. The minimum absolute atomic E-state index is 1.18. The minimum atomic E-state index is 1.18. The van der Waals surface area contributed by atoms with Gasteiger partial charge < -0.3 is 4.90 Å². The van der Waals surface area contributed by atoms with Crippen LogP contribution in [0.15, 0.2) is 18.5 Å². The van der Waals surface area contributed by atoms with Gasteiger partial charge in [0.1, 0.15) is 0 Å². The molecule has 13 heavy (non-hydrogen) atoms. The van der Waals surface area contributed by atoms with Gasteiger partial charge in [-0.15, -0.1) is 0 Å². The Morgan fingerprint density at radius 3 is 2.54 bits per heavy atom. The molecule has 1 fully saturated rings. The average Bonchev–Trinajstić information content (AvgIpc) is 2.47. The average molecular weight is 175 g/mol. The molecule has 2 heterocycles. The maximum Gasteiger partial charge on any atom is 0.0558 e. The lowest BCUT2D eigenvalue weighted by Crippen LogP contribution is -2.23. The van der Waals surface area contributed by atoms with Crippen molar-refractivity contribution in [2.45, 2.75) is 25.7 Å². The SMILES string of the molecule is [c]1cncc(N2CCCCCC2)c1. The zero-order chi connectivity index (χ0) is 8.93. The summed E-state index contributed by atoms with van der Waals surface area (Å²) in [7, 11) is 0. The first-order chi connectivity index (χ1) is 6.47. The van der Waals surface area contributed by atoms with Crippen LogP contribution in [0.3, 0.4) is 0 Å². The third-order valence-corrected chi connectivity index (χ3v) is 2.56. The fourth-order valence-corrected chi connectivity index (χ4v) is 1.82. The number of hydrogen-bond acceptors (Lipinski definition) is 2. The monoisotopic (exact) mass is 175 g/mol. The first kappa shape index (κ1) is 8.54. The summed E-state index contributed by atoms with van der Waals surface area (Å²) in [6.07, 6.45) is 9.02. The fourth-order valence-electron chi connectivity index (χ4n) is 1.82. The molecule has 2 nitrogen and oxygen atoms in total. The van der Waals surface area contributed by atoms with Crippen molar-refractivity contribution in [1.29, 1.82) is 0 Å². The van der Waals surface area contributed by atoms with E-state index >= 15 is 0 Å². The lowest BCUT2D eigenvalue weighted by atomic mass is 10.2. The molecule has 1 radical (unpaired) electrons. The molecular formula is C11H15N2. The number of hydrogen-bond donors (Lipinski definition) is 0. The number of rotatable bonds is 1. The van der Waals surface area contributed by atoms with Crippen molar-refractivity contribution < 1.29 is 0 Å². The van der Waals surface area contributed by atoms with Crippen molar-refractivity contribution in [3.8, 4) is 0 Å². The Kier molecular flexibility index (Phi) is 2.80. The van der Waals surface area contributed by atoms with E-state index in [2.05, 4.69) is 16.0 Å². The molecule has 1 aliphatic heterocycles. The quantitative estimate of drug-likeness (QED) is 0.651. The van der Waals surface area contributed by atoms with Gasteiger partial charge in [0.15, 0.2) is 0 Å². The summed E-state index contributed by atoms with van der Waals surface area (Å²) in [6.45, 7) is 2.36. The highest BCUT2D eigenvalue weighted by molar-refractivity contribution is 5.43. The van der Waals surface area contributed by atoms with Gasteiger partial charge in [-0.1, -0.05) is 12.8 Å². The minimum Gasteiger partial charge on any atom is -0.370 e. The van der Waals surface area contributed by atoms with E-state index in [9.17, 15) is 0 Å². The highest BCUT2D eigenvalue weighted by Gasteiger charge is 2.08. The van der Waals surface area contributed by atoms with E-state index in [4.69, 9.17) is 0 Å². The molecule has 0 atom stereocenters. The van der Waals surface area contributed by atoms with Gasteiger partial charge in [-0.2, -0.15) is 0 Å². The molecule has 1 aromatic rings. The van der Waals surface area contributed by atoms with Gasteiger partial charge in [0.05, 0.1) is 11.9 Å². The van der Waals surface area contributed by atoms with Crippen LogP contribution in [-0.2, 0) is 0 Å². The number of anilines is 1. The van der Waals surface area contributed by atoms with Crippen LogP contribution in [0.5, 0.6) is 0 Å². The lowest BCUT2D eigenvalue weighted by Gasteiger charge is -2.21. The summed E-state index contributed by atoms with van der Waals surface area (Å²) in [5.74, 6) is 0. The summed E-state index contributed by atoms with van der Waals surface area (Å²) in [6, 6.07) is 5.05. The van der Waals surface area contributed by atoms with Crippen molar-refractivity contribution >= 4 is 5.69 Å². The van der Waals surface area contributed by atoms with E-state index in [1.807, 2.05) is 12.3 Å². The Labute approximate surface area is 79.6 Å². The van der Waals surface area contributed by atoms with Gasteiger partial charge >= 0.3 is 0 Å². The van der Waals surface area contributed by atoms with Crippen LogP contribution in [0.4, 0.5) is 5.69 Å². The van der Waals surface area contributed by atoms with Crippen molar-refractivity contribution in [1.82, 2.24) is 4.98 Å². The highest BCUT2D eigenvalue weighted by Crippen LogP contribution is 2.17. The molecule has 69 valence electrons. The van der Waals surface area contributed by atoms with Crippen LogP contribution >= 0.6 is 0 Å². The third-order valence-electron chi connectivity index (χ3n) is 2.56. The standard InChI is InChI=1S/C11H15N2/c1-2-4-9-13(8-3-1)11-6-5-7-12-10-11/h6-7,10H,1-4,8-9H2. The van der Waals surface area contributed by atoms with E-state index in [-0.39, 0.29) is 0 Å². The molecule has 1 saturated heterocycles. The van der Waals surface area contributed by atoms with E-state index in [0.717, 1.165) is 0 Å². The van der Waals surface area contributed by atoms with Crippen LogP contribution in [0.2, 0.25) is 0 Å². The Hall–Kier alpha value is -1.05. The van der Waals surface area contributed by atoms with Gasteiger partial charge in [0, 0.05) is 25.4 Å². The molecule has 0 aromatic carbocycles. The molecule has 0 saturated carbocycles. The Bertz CT molecular complexity index is 238. The second-order valence-electron chi connectivity index (χ2n) is 3.54. The lowest BCUT2D eigenvalue weighted by molar-refractivity contribution is 0.726. The highest BCUT2D eigenvalue weighted by atomic mass is 15.1. The van der Waals surface area contributed by atoms with E-state index < -0.39 is 0 Å². The predicted octanol–water partition coefficient (Wildman–Crippen LogP) is 2.26. The number of aromatic nitrogens is 1. The summed E-state index contributed by atoms with van der Waals surface area (Å²) in [5, 5.41) is 0. The predicted molar refractivity (Wildman–Crippen MR) is 53.8 cm³/mol. The Morgan fingerprint density at radius 2 is 1.92 bits per heavy atom. The molecule has 0 N–H and O–H groups in total. The van der Waals surface area contributed by atoms with E-state index in [1.54, 1.807) is 6.20 Å². The summed E-state index contributed by atoms with van der Waals surface area (Å²) < 4.78 is 0. The third kappa shape index (κ3) is 2.20. The van der Waals surface area contributed by atoms with Crippen LogP contribution in [0.25, 0.3) is 0 Å². The maximum atomic E-state index is 4.09. The molecule has 2 heteroatoms. The topological polar surface area (TPSA) is 16.1 Å². The molecule has 1 aromatic heterocycles. The molecule has 0 spiro atoms. The van der Waals surface area contributed by atoms with E-state index in [1.165, 1.54) is 44.5 Å². The summed E-state index contributed by atoms with van der Waals surface area (Å²) in [5.41, 5.74) is 1.23. The van der Waals surface area contributed by atoms with Gasteiger partial charge in [-0.05, 0) is 18.9 Å². The molecule has 0 bridgehead atoms. The molecule has 0 amide bonds. The van der Waals surface area contributed by atoms with Crippen molar-refractivity contribution in [2.75, 3.05) is 18.0 Å². The number of pyridine rings is 1. The fraction of sp³-hybridized carbons (Fsp3) is 0.545. The Morgan fingerprint density at radius 1 is 1.15 bits per heavy atom. The normalized spacial score (nSPS) is 18.3. The zero-order valence-electron chi connectivity index (χ0n) is 7.87. The molecule has 2 rings (SSSR count). The molecule has 0 aliphatic carbocycles. The zero-order valence-corrected chi connectivity index (χ0v) is 7.87. The van der Waals surface area contributed by atoms with Crippen molar-refractivity contribution in [3.05, 3.63) is 24.5 Å². The largest absolute Gasteiger partial charge is 0.370 e. The first-order valence-corrected chi connectivity index (χ1v) is 5.03. The van der Waals surface area contributed by atoms with Gasteiger partial charge in [-0.25, -0.2) is 0 Å². The second-order valence-corrected chi connectivity index (χ2v) is 3.54.